The molecule has 2 aromatic carbocycles. The lowest BCUT2D eigenvalue weighted by atomic mass is 10.1. The molecule has 0 heterocycles. The number of nitrogens with zero attached hydrogens (tertiary/aromatic N) is 1. The van der Waals surface area contributed by atoms with Crippen LogP contribution in [0.1, 0.15) is 27.0 Å². The van der Waals surface area contributed by atoms with Crippen molar-refractivity contribution in [2.45, 2.75) is 20.4 Å². The molecule has 0 N–H and O–H groups in total. The van der Waals surface area contributed by atoms with Crippen molar-refractivity contribution < 1.29 is 19.1 Å². The Hall–Kier alpha value is -2.82. The highest BCUT2D eigenvalue weighted by Crippen LogP contribution is 2.14. The van der Waals surface area contributed by atoms with E-state index in [0.29, 0.717) is 17.9 Å². The molecule has 5 heteroatoms. The first-order chi connectivity index (χ1) is 11.9. The summed E-state index contributed by atoms with van der Waals surface area (Å²) in [6.07, 6.45) is 0. The fourth-order valence-electron chi connectivity index (χ4n) is 2.44. The zero-order valence-corrected chi connectivity index (χ0v) is 15.0. The predicted octanol–water partition coefficient (Wildman–Crippen LogP) is 3.13. The van der Waals surface area contributed by atoms with Crippen LogP contribution in [0.5, 0.6) is 5.75 Å². The molecule has 0 saturated carbocycles. The van der Waals surface area contributed by atoms with Crippen molar-refractivity contribution in [2.24, 2.45) is 0 Å². The first-order valence-electron chi connectivity index (χ1n) is 8.02. The van der Waals surface area contributed by atoms with E-state index in [-0.39, 0.29) is 12.5 Å². The van der Waals surface area contributed by atoms with Crippen LogP contribution in [0.3, 0.4) is 0 Å². The smallest absolute Gasteiger partial charge is 0.338 e. The average molecular weight is 341 g/mol. The number of amides is 1. The zero-order valence-electron chi connectivity index (χ0n) is 15.0. The molecule has 25 heavy (non-hydrogen) atoms. The molecule has 5 nitrogen and oxygen atoms in total. The summed E-state index contributed by atoms with van der Waals surface area (Å²) in [7, 11) is 3.22. The average Bonchev–Trinajstić information content (AvgIpc) is 2.61. The van der Waals surface area contributed by atoms with Crippen molar-refractivity contribution in [3.63, 3.8) is 0 Å². The monoisotopic (exact) mass is 341 g/mol. The van der Waals surface area contributed by atoms with Gasteiger partial charge in [0.1, 0.15) is 5.75 Å². The second-order valence-electron chi connectivity index (χ2n) is 5.99. The van der Waals surface area contributed by atoms with E-state index in [1.165, 1.54) is 12.7 Å². The van der Waals surface area contributed by atoms with Gasteiger partial charge in [-0.3, -0.25) is 4.79 Å². The van der Waals surface area contributed by atoms with Gasteiger partial charge < -0.3 is 14.4 Å². The Morgan fingerprint density at radius 2 is 1.84 bits per heavy atom. The molecule has 0 aliphatic rings. The van der Waals surface area contributed by atoms with Gasteiger partial charge in [0.05, 0.1) is 12.7 Å². The third kappa shape index (κ3) is 5.08. The molecule has 132 valence electrons. The number of esters is 1. The third-order valence-corrected chi connectivity index (χ3v) is 3.96. The maximum absolute atomic E-state index is 12.2. The van der Waals surface area contributed by atoms with E-state index in [9.17, 15) is 9.59 Å². The second-order valence-corrected chi connectivity index (χ2v) is 5.99. The maximum Gasteiger partial charge on any atom is 0.338 e. The highest BCUT2D eigenvalue weighted by Gasteiger charge is 2.15. The van der Waals surface area contributed by atoms with Gasteiger partial charge in [-0.25, -0.2) is 4.79 Å². The molecule has 0 radical (unpaired) electrons. The number of likely N-dealkylation sites (N-methyl/N-ethyl adjacent to an activating group) is 1. The molecule has 1 amide bonds. The van der Waals surface area contributed by atoms with Crippen LogP contribution in [-0.2, 0) is 16.1 Å². The van der Waals surface area contributed by atoms with Crippen molar-refractivity contribution >= 4 is 11.9 Å². The Morgan fingerprint density at radius 1 is 1.08 bits per heavy atom. The van der Waals surface area contributed by atoms with E-state index in [4.69, 9.17) is 9.47 Å². The van der Waals surface area contributed by atoms with E-state index in [1.807, 2.05) is 26.0 Å². The largest absolute Gasteiger partial charge is 0.497 e. The van der Waals surface area contributed by atoms with E-state index in [0.717, 1.165) is 11.1 Å². The fourth-order valence-corrected chi connectivity index (χ4v) is 2.44. The van der Waals surface area contributed by atoms with Gasteiger partial charge in [-0.15, -0.1) is 0 Å². The van der Waals surface area contributed by atoms with Crippen molar-refractivity contribution in [3.05, 3.63) is 64.7 Å². The minimum Gasteiger partial charge on any atom is -0.497 e. The first kappa shape index (κ1) is 18.5. The summed E-state index contributed by atoms with van der Waals surface area (Å²) in [5.41, 5.74) is 3.74. The molecule has 0 atom stereocenters. The molecule has 0 aliphatic carbocycles. The molecule has 0 fully saturated rings. The van der Waals surface area contributed by atoms with Crippen molar-refractivity contribution in [1.82, 2.24) is 4.90 Å². The molecule has 2 aromatic rings. The summed E-state index contributed by atoms with van der Waals surface area (Å²) >= 11 is 0. The van der Waals surface area contributed by atoms with Gasteiger partial charge in [-0.2, -0.15) is 0 Å². The van der Waals surface area contributed by atoms with Crippen molar-refractivity contribution in [3.8, 4) is 5.75 Å². The summed E-state index contributed by atoms with van der Waals surface area (Å²) in [5, 5.41) is 0. The Bertz CT molecular complexity index is 770. The molecule has 0 saturated heterocycles. The fraction of sp³-hybridized carbons (Fsp3) is 0.300. The normalized spacial score (nSPS) is 10.2. The van der Waals surface area contributed by atoms with Crippen LogP contribution in [0.4, 0.5) is 0 Å². The van der Waals surface area contributed by atoms with Crippen LogP contribution >= 0.6 is 0 Å². The van der Waals surface area contributed by atoms with E-state index in [1.54, 1.807) is 36.2 Å². The molecule has 0 unspecified atom stereocenters. The number of carbonyl (C=O) groups excluding carboxylic acids is 2. The molecular formula is C20H23NO4. The number of ether oxygens (including phenoxy) is 2. The summed E-state index contributed by atoms with van der Waals surface area (Å²) in [5.74, 6) is -0.240. The molecular weight excluding hydrogens is 318 g/mol. The number of benzene rings is 2. The number of hydrogen-bond acceptors (Lipinski definition) is 4. The zero-order chi connectivity index (χ0) is 18.4. The highest BCUT2D eigenvalue weighted by atomic mass is 16.5. The second kappa shape index (κ2) is 8.33. The Balaban J connectivity index is 1.91. The van der Waals surface area contributed by atoms with E-state index in [2.05, 4.69) is 6.07 Å². The first-order valence-corrected chi connectivity index (χ1v) is 8.02. The van der Waals surface area contributed by atoms with Crippen molar-refractivity contribution in [2.75, 3.05) is 20.8 Å². The quantitative estimate of drug-likeness (QED) is 0.758. The maximum atomic E-state index is 12.2. The topological polar surface area (TPSA) is 55.8 Å². The standard InChI is InChI=1S/C20H23NO4/c1-14-8-9-17(15(2)10-14)12-21(3)19(22)13-25-20(23)16-6-5-7-18(11-16)24-4/h5-11H,12-13H2,1-4H3. The molecule has 0 aliphatic heterocycles. The SMILES string of the molecule is COc1cccc(C(=O)OCC(=O)N(C)Cc2ccc(C)cc2C)c1. The van der Waals surface area contributed by atoms with Crippen LogP contribution in [0, 0.1) is 13.8 Å². The van der Waals surface area contributed by atoms with Crippen LogP contribution in [0.2, 0.25) is 0 Å². The van der Waals surface area contributed by atoms with Crippen molar-refractivity contribution in [1.29, 1.82) is 0 Å². The van der Waals surface area contributed by atoms with Gasteiger partial charge in [0.2, 0.25) is 0 Å². The van der Waals surface area contributed by atoms with Crippen LogP contribution < -0.4 is 4.74 Å². The molecule has 0 aromatic heterocycles. The number of hydrogen-bond donors (Lipinski definition) is 0. The minimum atomic E-state index is -0.549. The number of methoxy groups -OCH3 is 1. The van der Waals surface area contributed by atoms with Gasteiger partial charge in [0, 0.05) is 13.6 Å². The molecule has 2 rings (SSSR count). The lowest BCUT2D eigenvalue weighted by molar-refractivity contribution is -0.133. The van der Waals surface area contributed by atoms with Gasteiger partial charge in [0.25, 0.3) is 5.91 Å². The van der Waals surface area contributed by atoms with Crippen LogP contribution in [-0.4, -0.2) is 37.5 Å². The summed E-state index contributed by atoms with van der Waals surface area (Å²) < 4.78 is 10.2. The molecule has 0 bridgehead atoms. The van der Waals surface area contributed by atoms with E-state index >= 15 is 0 Å². The minimum absolute atomic E-state index is 0.253. The number of carbonyl (C=O) groups is 2. The van der Waals surface area contributed by atoms with Gasteiger partial charge >= 0.3 is 5.97 Å². The number of aryl methyl sites for hydroxylation is 2. The summed E-state index contributed by atoms with van der Waals surface area (Å²) in [6.45, 7) is 4.23. The third-order valence-electron chi connectivity index (χ3n) is 3.96. The molecule has 0 spiro atoms. The lowest BCUT2D eigenvalue weighted by Gasteiger charge is -2.18. The Kier molecular flexibility index (Phi) is 6.17. The van der Waals surface area contributed by atoms with Gasteiger partial charge in [-0.1, -0.05) is 29.8 Å². The lowest BCUT2D eigenvalue weighted by Crippen LogP contribution is -2.31. The van der Waals surface area contributed by atoms with Crippen LogP contribution in [0.15, 0.2) is 42.5 Å². The predicted molar refractivity (Wildman–Crippen MR) is 95.7 cm³/mol. The highest BCUT2D eigenvalue weighted by molar-refractivity contribution is 5.91. The van der Waals surface area contributed by atoms with Crippen LogP contribution in [0.25, 0.3) is 0 Å². The van der Waals surface area contributed by atoms with Gasteiger partial charge in [0.15, 0.2) is 6.61 Å². The summed E-state index contributed by atoms with van der Waals surface area (Å²) in [6, 6.07) is 12.7. The number of rotatable bonds is 6. The van der Waals surface area contributed by atoms with Gasteiger partial charge in [-0.05, 0) is 43.2 Å². The Morgan fingerprint density at radius 3 is 2.52 bits per heavy atom. The summed E-state index contributed by atoms with van der Waals surface area (Å²) in [4.78, 5) is 25.8. The van der Waals surface area contributed by atoms with E-state index < -0.39 is 5.97 Å². The Labute approximate surface area is 148 Å².